The lowest BCUT2D eigenvalue weighted by Crippen LogP contribution is -2.42. The summed E-state index contributed by atoms with van der Waals surface area (Å²) in [5.74, 6) is -0.995. The van der Waals surface area contributed by atoms with Crippen molar-refractivity contribution in [1.29, 1.82) is 0 Å². The van der Waals surface area contributed by atoms with Crippen LogP contribution in [0.5, 0.6) is 0 Å². The molecule has 2 heterocycles. The van der Waals surface area contributed by atoms with Crippen LogP contribution in [0.2, 0.25) is 0 Å². The molecule has 1 fully saturated rings. The van der Waals surface area contributed by atoms with Gasteiger partial charge in [0, 0.05) is 12.6 Å². The van der Waals surface area contributed by atoms with Crippen molar-refractivity contribution in [3.05, 3.63) is 65.1 Å². The molecule has 1 atom stereocenters. The summed E-state index contributed by atoms with van der Waals surface area (Å²) >= 11 is 0. The van der Waals surface area contributed by atoms with Crippen molar-refractivity contribution < 1.29 is 17.6 Å². The van der Waals surface area contributed by atoms with E-state index in [1.807, 2.05) is 0 Å². The number of aromatic nitrogens is 1. The van der Waals surface area contributed by atoms with Crippen LogP contribution in [0.25, 0.3) is 11.1 Å². The zero-order valence-corrected chi connectivity index (χ0v) is 16.0. The molecule has 1 aromatic heterocycles. The van der Waals surface area contributed by atoms with Gasteiger partial charge >= 0.3 is 5.76 Å². The number of nitrogens with zero attached hydrogens (tertiary/aromatic N) is 2. The first kappa shape index (κ1) is 18.5. The summed E-state index contributed by atoms with van der Waals surface area (Å²) < 4.78 is 31.8. The van der Waals surface area contributed by atoms with E-state index in [9.17, 15) is 18.0 Å². The Morgan fingerprint density at radius 2 is 1.79 bits per heavy atom. The highest BCUT2D eigenvalue weighted by Gasteiger charge is 2.33. The molecule has 8 heteroatoms. The highest BCUT2D eigenvalue weighted by atomic mass is 32.2. The quantitative estimate of drug-likeness (QED) is 0.654. The van der Waals surface area contributed by atoms with Crippen molar-refractivity contribution in [3.63, 3.8) is 0 Å². The predicted octanol–water partition coefficient (Wildman–Crippen LogP) is 2.06. The minimum Gasteiger partial charge on any atom is -0.408 e. The lowest BCUT2D eigenvalue weighted by Gasteiger charge is -2.24. The van der Waals surface area contributed by atoms with Gasteiger partial charge in [0.05, 0.1) is 16.2 Å². The first-order valence-electron chi connectivity index (χ1n) is 9.11. The lowest BCUT2D eigenvalue weighted by atomic mass is 10.2. The second-order valence-electron chi connectivity index (χ2n) is 6.90. The molecule has 2 aromatic carbocycles. The molecule has 0 bridgehead atoms. The third-order valence-corrected chi connectivity index (χ3v) is 6.89. The average Bonchev–Trinajstić information content (AvgIpc) is 3.26. The smallest absolute Gasteiger partial charge is 0.408 e. The van der Waals surface area contributed by atoms with E-state index in [4.69, 9.17) is 4.42 Å². The van der Waals surface area contributed by atoms with Gasteiger partial charge in [-0.05, 0) is 37.1 Å². The van der Waals surface area contributed by atoms with Crippen molar-refractivity contribution in [2.24, 2.45) is 0 Å². The van der Waals surface area contributed by atoms with Gasteiger partial charge in [-0.25, -0.2) is 13.2 Å². The largest absolute Gasteiger partial charge is 0.420 e. The molecule has 146 valence electrons. The molecule has 0 radical (unpaired) electrons. The Morgan fingerprint density at radius 1 is 1.07 bits per heavy atom. The fraction of sp³-hybridized carbons (Fsp3) is 0.300. The monoisotopic (exact) mass is 400 g/mol. The van der Waals surface area contributed by atoms with Gasteiger partial charge < -0.3 is 9.32 Å². The summed E-state index contributed by atoms with van der Waals surface area (Å²) in [6.45, 7) is 0.316. The number of rotatable bonds is 5. The van der Waals surface area contributed by atoms with Crippen LogP contribution in [0.1, 0.15) is 12.8 Å². The lowest BCUT2D eigenvalue weighted by molar-refractivity contribution is -0.132. The van der Waals surface area contributed by atoms with Gasteiger partial charge in [0.1, 0.15) is 6.54 Å². The van der Waals surface area contributed by atoms with E-state index in [2.05, 4.69) is 0 Å². The normalized spacial score (nSPS) is 17.3. The van der Waals surface area contributed by atoms with Crippen molar-refractivity contribution in [2.75, 3.05) is 12.3 Å². The van der Waals surface area contributed by atoms with E-state index in [0.717, 1.165) is 6.42 Å². The zero-order valence-electron chi connectivity index (χ0n) is 15.2. The van der Waals surface area contributed by atoms with Crippen molar-refractivity contribution >= 4 is 26.8 Å². The number of likely N-dealkylation sites (tertiary alicyclic amines) is 1. The maximum absolute atomic E-state index is 12.9. The Labute approximate surface area is 162 Å². The molecule has 0 saturated carbocycles. The number of hydrogen-bond acceptors (Lipinski definition) is 5. The highest BCUT2D eigenvalue weighted by molar-refractivity contribution is 7.91. The molecule has 0 N–H and O–H groups in total. The number of oxazole rings is 1. The van der Waals surface area contributed by atoms with E-state index < -0.39 is 21.6 Å². The molecule has 28 heavy (non-hydrogen) atoms. The van der Waals surface area contributed by atoms with Gasteiger partial charge in [0.25, 0.3) is 0 Å². The van der Waals surface area contributed by atoms with Crippen LogP contribution in [-0.2, 0) is 21.2 Å². The third kappa shape index (κ3) is 3.47. The Bertz CT molecular complexity index is 1160. The molecule has 1 saturated heterocycles. The molecule has 1 aliphatic rings. The topological polar surface area (TPSA) is 89.6 Å². The summed E-state index contributed by atoms with van der Waals surface area (Å²) in [6, 6.07) is 14.8. The highest BCUT2D eigenvalue weighted by Crippen LogP contribution is 2.23. The Hall–Kier alpha value is -2.87. The van der Waals surface area contributed by atoms with Gasteiger partial charge in [-0.2, -0.15) is 0 Å². The van der Waals surface area contributed by atoms with Gasteiger partial charge in [-0.15, -0.1) is 0 Å². The molecule has 1 amide bonds. The Balaban J connectivity index is 1.54. The van der Waals surface area contributed by atoms with Crippen LogP contribution >= 0.6 is 0 Å². The Kier molecular flexibility index (Phi) is 4.80. The molecule has 4 rings (SSSR count). The first-order chi connectivity index (χ1) is 13.5. The third-order valence-electron chi connectivity index (χ3n) is 5.08. The maximum atomic E-state index is 12.9. The number of fused-ring (bicyclic) bond motifs is 1. The number of para-hydroxylation sites is 2. The fourth-order valence-corrected chi connectivity index (χ4v) is 5.32. The van der Waals surface area contributed by atoms with E-state index in [1.165, 1.54) is 4.57 Å². The van der Waals surface area contributed by atoms with Crippen LogP contribution < -0.4 is 5.76 Å². The number of amides is 1. The molecule has 1 aliphatic heterocycles. The van der Waals surface area contributed by atoms with Gasteiger partial charge in [-0.1, -0.05) is 30.3 Å². The average molecular weight is 400 g/mol. The second-order valence-corrected chi connectivity index (χ2v) is 8.93. The van der Waals surface area contributed by atoms with E-state index in [1.54, 1.807) is 59.5 Å². The number of hydrogen-bond donors (Lipinski definition) is 0. The Morgan fingerprint density at radius 3 is 2.57 bits per heavy atom. The number of benzene rings is 2. The first-order valence-corrected chi connectivity index (χ1v) is 10.8. The number of carbonyl (C=O) groups is 1. The molecule has 0 unspecified atom stereocenters. The fourth-order valence-electron chi connectivity index (χ4n) is 3.70. The maximum Gasteiger partial charge on any atom is 0.420 e. The SMILES string of the molecule is O=C(Cn1c(=O)oc2ccccc21)N1CCC[C@H]1CS(=O)(=O)c1ccccc1. The summed E-state index contributed by atoms with van der Waals surface area (Å²) in [5.41, 5.74) is 0.971. The van der Waals surface area contributed by atoms with Gasteiger partial charge in [-0.3, -0.25) is 9.36 Å². The summed E-state index contributed by atoms with van der Waals surface area (Å²) in [7, 11) is -3.50. The van der Waals surface area contributed by atoms with Crippen LogP contribution in [0.15, 0.2) is 68.7 Å². The molecule has 7 nitrogen and oxygen atoms in total. The van der Waals surface area contributed by atoms with Gasteiger partial charge in [0.2, 0.25) is 5.91 Å². The van der Waals surface area contributed by atoms with Crippen molar-refractivity contribution in [1.82, 2.24) is 9.47 Å². The standard InChI is InChI=1S/C20H20N2O5S/c23-19(13-22-17-10-4-5-11-18(17)27-20(22)24)21-12-6-7-15(21)14-28(25,26)16-8-2-1-3-9-16/h1-5,8-11,15H,6-7,12-14H2/t15-/m0/s1. The van der Waals surface area contributed by atoms with E-state index >= 15 is 0 Å². The van der Waals surface area contributed by atoms with E-state index in [0.29, 0.717) is 24.1 Å². The predicted molar refractivity (Wildman–Crippen MR) is 104 cm³/mol. The molecular weight excluding hydrogens is 380 g/mol. The van der Waals surface area contributed by atoms with Crippen LogP contribution in [-0.4, -0.2) is 42.1 Å². The summed E-state index contributed by atoms with van der Waals surface area (Å²) in [5, 5.41) is 0. The second kappa shape index (κ2) is 7.27. The molecular formula is C20H20N2O5S. The van der Waals surface area contributed by atoms with Gasteiger partial charge in [0.15, 0.2) is 15.4 Å². The van der Waals surface area contributed by atoms with Crippen molar-refractivity contribution in [2.45, 2.75) is 30.3 Å². The summed E-state index contributed by atoms with van der Waals surface area (Å²) in [6.07, 6.45) is 1.36. The molecule has 3 aromatic rings. The number of carbonyl (C=O) groups excluding carboxylic acids is 1. The van der Waals surface area contributed by atoms with Crippen LogP contribution in [0.3, 0.4) is 0 Å². The zero-order chi connectivity index (χ0) is 19.7. The van der Waals surface area contributed by atoms with Crippen LogP contribution in [0.4, 0.5) is 0 Å². The van der Waals surface area contributed by atoms with E-state index in [-0.39, 0.29) is 23.1 Å². The summed E-state index contributed by atoms with van der Waals surface area (Å²) in [4.78, 5) is 26.8. The molecule has 0 spiro atoms. The minimum absolute atomic E-state index is 0.121. The van der Waals surface area contributed by atoms with Crippen LogP contribution in [0, 0.1) is 0 Å². The van der Waals surface area contributed by atoms with Crippen molar-refractivity contribution in [3.8, 4) is 0 Å². The minimum atomic E-state index is -3.50. The molecule has 0 aliphatic carbocycles. The number of sulfone groups is 1.